The Kier molecular flexibility index (Phi) is 3.91. The van der Waals surface area contributed by atoms with Crippen LogP contribution in [0.3, 0.4) is 0 Å². The molecule has 0 aromatic carbocycles. The first kappa shape index (κ1) is 9.92. The van der Waals surface area contributed by atoms with Gasteiger partial charge < -0.3 is 10.8 Å². The summed E-state index contributed by atoms with van der Waals surface area (Å²) in [5, 5.41) is 9.66. The van der Waals surface area contributed by atoms with E-state index in [2.05, 4.69) is 13.8 Å². The molecule has 62 valence electrons. The van der Waals surface area contributed by atoms with Gasteiger partial charge in [-0.2, -0.15) is 0 Å². The van der Waals surface area contributed by atoms with E-state index in [0.29, 0.717) is 12.5 Å². The lowest BCUT2D eigenvalue weighted by Gasteiger charge is -2.29. The maximum absolute atomic E-state index is 9.66. The van der Waals surface area contributed by atoms with Gasteiger partial charge in [0.2, 0.25) is 0 Å². The summed E-state index contributed by atoms with van der Waals surface area (Å²) in [5.74, 6) is 0.345. The molecule has 0 aliphatic carbocycles. The molecule has 0 saturated carbocycles. The van der Waals surface area contributed by atoms with Crippen LogP contribution < -0.4 is 5.73 Å². The molecule has 0 heterocycles. The molecule has 1 atom stereocenters. The van der Waals surface area contributed by atoms with E-state index in [0.717, 1.165) is 12.8 Å². The Morgan fingerprint density at radius 3 is 1.90 bits per heavy atom. The lowest BCUT2D eigenvalue weighted by molar-refractivity contribution is 0.00410. The summed E-state index contributed by atoms with van der Waals surface area (Å²) in [4.78, 5) is 0. The quantitative estimate of drug-likeness (QED) is 0.623. The molecule has 2 nitrogen and oxygen atoms in total. The second-order valence-corrected chi connectivity index (χ2v) is 3.07. The Labute approximate surface area is 63.4 Å². The van der Waals surface area contributed by atoms with Gasteiger partial charge in [-0.05, 0) is 12.8 Å². The molecule has 2 heteroatoms. The molecule has 0 aliphatic rings. The molecule has 0 fully saturated rings. The number of aliphatic hydroxyl groups is 1. The fourth-order valence-corrected chi connectivity index (χ4v) is 1.33. The molecule has 0 rings (SSSR count). The number of hydrogen-bond acceptors (Lipinski definition) is 2. The van der Waals surface area contributed by atoms with Crippen molar-refractivity contribution >= 4 is 0 Å². The summed E-state index contributed by atoms with van der Waals surface area (Å²) in [7, 11) is 0. The summed E-state index contributed by atoms with van der Waals surface area (Å²) in [6, 6.07) is 0. The van der Waals surface area contributed by atoms with Crippen LogP contribution >= 0.6 is 0 Å². The van der Waals surface area contributed by atoms with Gasteiger partial charge in [0, 0.05) is 6.54 Å². The van der Waals surface area contributed by atoms with Crippen LogP contribution in [0.15, 0.2) is 0 Å². The molecule has 0 amide bonds. The molecule has 0 aromatic rings. The van der Waals surface area contributed by atoms with Gasteiger partial charge >= 0.3 is 0 Å². The lowest BCUT2D eigenvalue weighted by Crippen LogP contribution is -2.41. The topological polar surface area (TPSA) is 46.2 Å². The SMILES string of the molecule is CCC(CC)C(C)(O)CN. The van der Waals surface area contributed by atoms with Crippen LogP contribution in [0.25, 0.3) is 0 Å². The van der Waals surface area contributed by atoms with Crippen molar-refractivity contribution in [3.63, 3.8) is 0 Å². The van der Waals surface area contributed by atoms with E-state index >= 15 is 0 Å². The van der Waals surface area contributed by atoms with E-state index in [1.165, 1.54) is 0 Å². The molecule has 3 N–H and O–H groups in total. The first-order chi connectivity index (χ1) is 4.58. The van der Waals surface area contributed by atoms with Crippen molar-refractivity contribution in [2.45, 2.75) is 39.2 Å². The number of rotatable bonds is 4. The monoisotopic (exact) mass is 145 g/mol. The lowest BCUT2D eigenvalue weighted by atomic mass is 9.85. The smallest absolute Gasteiger partial charge is 0.0769 e. The normalized spacial score (nSPS) is 17.4. The molecule has 0 aliphatic heterocycles. The predicted octanol–water partition coefficient (Wildman–Crippen LogP) is 1.13. The van der Waals surface area contributed by atoms with Crippen LogP contribution in [-0.4, -0.2) is 17.3 Å². The maximum Gasteiger partial charge on any atom is 0.0769 e. The molecular weight excluding hydrogens is 126 g/mol. The van der Waals surface area contributed by atoms with E-state index in [9.17, 15) is 5.11 Å². The Balaban J connectivity index is 3.97. The van der Waals surface area contributed by atoms with Gasteiger partial charge in [-0.15, -0.1) is 0 Å². The van der Waals surface area contributed by atoms with Crippen molar-refractivity contribution in [1.82, 2.24) is 0 Å². The zero-order valence-corrected chi connectivity index (χ0v) is 7.22. The third kappa shape index (κ3) is 2.27. The molecule has 1 unspecified atom stereocenters. The van der Waals surface area contributed by atoms with Gasteiger partial charge in [0.1, 0.15) is 0 Å². The Morgan fingerprint density at radius 2 is 1.80 bits per heavy atom. The summed E-state index contributed by atoms with van der Waals surface area (Å²) in [6.45, 7) is 6.33. The minimum atomic E-state index is -0.663. The average Bonchev–Trinajstić information content (AvgIpc) is 1.90. The molecule has 0 spiro atoms. The van der Waals surface area contributed by atoms with Crippen LogP contribution in [0.4, 0.5) is 0 Å². The zero-order chi connectivity index (χ0) is 8.20. The maximum atomic E-state index is 9.66. The fraction of sp³-hybridized carbons (Fsp3) is 1.00. The van der Waals surface area contributed by atoms with Crippen LogP contribution in [0, 0.1) is 5.92 Å². The summed E-state index contributed by atoms with van der Waals surface area (Å²) in [5.41, 5.74) is 4.75. The van der Waals surface area contributed by atoms with Crippen LogP contribution in [0.5, 0.6) is 0 Å². The van der Waals surface area contributed by atoms with Crippen molar-refractivity contribution in [3.8, 4) is 0 Å². The second kappa shape index (κ2) is 3.94. The van der Waals surface area contributed by atoms with Crippen molar-refractivity contribution in [1.29, 1.82) is 0 Å². The Hall–Kier alpha value is -0.0800. The summed E-state index contributed by atoms with van der Waals surface area (Å²) < 4.78 is 0. The largest absolute Gasteiger partial charge is 0.389 e. The van der Waals surface area contributed by atoms with Gasteiger partial charge in [-0.3, -0.25) is 0 Å². The van der Waals surface area contributed by atoms with Gasteiger partial charge in [0.25, 0.3) is 0 Å². The average molecular weight is 145 g/mol. The molecule has 0 bridgehead atoms. The third-order valence-corrected chi connectivity index (χ3v) is 2.28. The van der Waals surface area contributed by atoms with Crippen molar-refractivity contribution < 1.29 is 5.11 Å². The highest BCUT2D eigenvalue weighted by molar-refractivity contribution is 4.80. The highest BCUT2D eigenvalue weighted by Gasteiger charge is 2.26. The molecule has 0 aromatic heterocycles. The van der Waals surface area contributed by atoms with Gasteiger partial charge in [0.05, 0.1) is 5.60 Å². The minimum absolute atomic E-state index is 0.345. The van der Waals surface area contributed by atoms with Gasteiger partial charge in [0.15, 0.2) is 0 Å². The summed E-state index contributed by atoms with van der Waals surface area (Å²) in [6.07, 6.45) is 2.00. The summed E-state index contributed by atoms with van der Waals surface area (Å²) >= 11 is 0. The molecular formula is C8H19NO. The fourth-order valence-electron chi connectivity index (χ4n) is 1.33. The second-order valence-electron chi connectivity index (χ2n) is 3.07. The van der Waals surface area contributed by atoms with Gasteiger partial charge in [-0.1, -0.05) is 26.7 Å². The zero-order valence-electron chi connectivity index (χ0n) is 7.22. The van der Waals surface area contributed by atoms with E-state index in [1.54, 1.807) is 0 Å². The van der Waals surface area contributed by atoms with E-state index in [1.807, 2.05) is 6.92 Å². The molecule has 10 heavy (non-hydrogen) atoms. The molecule has 0 saturated heterocycles. The standard InChI is InChI=1S/C8H19NO/c1-4-7(5-2)8(3,10)6-9/h7,10H,4-6,9H2,1-3H3. The van der Waals surface area contributed by atoms with Crippen molar-refractivity contribution in [3.05, 3.63) is 0 Å². The van der Waals surface area contributed by atoms with Crippen LogP contribution in [-0.2, 0) is 0 Å². The van der Waals surface area contributed by atoms with Crippen molar-refractivity contribution in [2.75, 3.05) is 6.54 Å². The van der Waals surface area contributed by atoms with Crippen molar-refractivity contribution in [2.24, 2.45) is 11.7 Å². The van der Waals surface area contributed by atoms with E-state index < -0.39 is 5.60 Å². The predicted molar refractivity (Wildman–Crippen MR) is 43.8 cm³/mol. The Bertz CT molecular complexity index is 87.3. The first-order valence-corrected chi connectivity index (χ1v) is 4.00. The van der Waals surface area contributed by atoms with E-state index in [4.69, 9.17) is 5.73 Å². The third-order valence-electron chi connectivity index (χ3n) is 2.28. The van der Waals surface area contributed by atoms with Crippen LogP contribution in [0.1, 0.15) is 33.6 Å². The number of nitrogens with two attached hydrogens (primary N) is 1. The Morgan fingerprint density at radius 1 is 1.40 bits per heavy atom. The molecule has 0 radical (unpaired) electrons. The van der Waals surface area contributed by atoms with Crippen LogP contribution in [0.2, 0.25) is 0 Å². The highest BCUT2D eigenvalue weighted by Crippen LogP contribution is 2.22. The van der Waals surface area contributed by atoms with E-state index in [-0.39, 0.29) is 0 Å². The minimum Gasteiger partial charge on any atom is -0.389 e. The highest BCUT2D eigenvalue weighted by atomic mass is 16.3. The number of hydrogen-bond donors (Lipinski definition) is 2. The van der Waals surface area contributed by atoms with Gasteiger partial charge in [-0.25, -0.2) is 0 Å². The first-order valence-electron chi connectivity index (χ1n) is 4.00.